The van der Waals surface area contributed by atoms with E-state index in [4.69, 9.17) is 0 Å². The summed E-state index contributed by atoms with van der Waals surface area (Å²) in [6.45, 7) is 2.58. The predicted molar refractivity (Wildman–Crippen MR) is 76.3 cm³/mol. The maximum Gasteiger partial charge on any atom is -0.0329 e. The van der Waals surface area contributed by atoms with Crippen LogP contribution in [0.4, 0.5) is 0 Å². The molecular weight excluding hydrogens is 216 g/mol. The second kappa shape index (κ2) is 4.53. The van der Waals surface area contributed by atoms with Crippen molar-refractivity contribution in [1.29, 1.82) is 0 Å². The minimum atomic E-state index is 1.05. The van der Waals surface area contributed by atoms with Gasteiger partial charge in [-0.3, -0.25) is 0 Å². The first-order valence-corrected chi connectivity index (χ1v) is 8.84. The molecule has 0 spiro atoms. The zero-order chi connectivity index (χ0) is 12.1. The lowest BCUT2D eigenvalue weighted by atomic mass is 9.58. The van der Waals surface area contributed by atoms with Gasteiger partial charge in [0, 0.05) is 0 Å². The first-order valence-electron chi connectivity index (χ1n) is 8.84. The van der Waals surface area contributed by atoms with Gasteiger partial charge in [-0.25, -0.2) is 0 Å². The molecular formula is C18H30. The Hall–Kier alpha value is 0. The van der Waals surface area contributed by atoms with E-state index in [9.17, 15) is 0 Å². The maximum atomic E-state index is 2.58. The van der Waals surface area contributed by atoms with Crippen LogP contribution in [0.5, 0.6) is 0 Å². The lowest BCUT2D eigenvalue weighted by Crippen LogP contribution is -2.39. The molecule has 0 amide bonds. The van der Waals surface area contributed by atoms with E-state index >= 15 is 0 Å². The van der Waals surface area contributed by atoms with Crippen molar-refractivity contribution in [3.05, 3.63) is 0 Å². The van der Waals surface area contributed by atoms with Gasteiger partial charge in [0.1, 0.15) is 0 Å². The zero-order valence-electron chi connectivity index (χ0n) is 12.1. The zero-order valence-corrected chi connectivity index (χ0v) is 12.1. The summed E-state index contributed by atoms with van der Waals surface area (Å²) in [6.07, 6.45) is 15.8. The van der Waals surface area contributed by atoms with Crippen LogP contribution in [0.1, 0.15) is 71.1 Å². The summed E-state index contributed by atoms with van der Waals surface area (Å²) in [6, 6.07) is 0. The summed E-state index contributed by atoms with van der Waals surface area (Å²) in [5.41, 5.74) is 0. The molecule has 4 saturated carbocycles. The molecule has 7 unspecified atom stereocenters. The lowest BCUT2D eigenvalue weighted by Gasteiger charge is -2.47. The van der Waals surface area contributed by atoms with Crippen LogP contribution in [-0.4, -0.2) is 0 Å². The van der Waals surface area contributed by atoms with Crippen LogP contribution in [0.25, 0.3) is 0 Å². The van der Waals surface area contributed by atoms with Gasteiger partial charge < -0.3 is 0 Å². The maximum absolute atomic E-state index is 2.58. The second-order valence-electron chi connectivity index (χ2n) is 8.09. The second-order valence-corrected chi connectivity index (χ2v) is 8.09. The van der Waals surface area contributed by atoms with E-state index in [0.29, 0.717) is 0 Å². The van der Waals surface area contributed by atoms with Crippen LogP contribution >= 0.6 is 0 Å². The van der Waals surface area contributed by atoms with Gasteiger partial charge in [-0.05, 0) is 67.1 Å². The van der Waals surface area contributed by atoms with Crippen LogP contribution in [0, 0.1) is 41.4 Å². The minimum Gasteiger partial charge on any atom is -0.0622 e. The van der Waals surface area contributed by atoms with Crippen LogP contribution in [0.2, 0.25) is 0 Å². The normalized spacial score (nSPS) is 55.5. The summed E-state index contributed by atoms with van der Waals surface area (Å²) in [5, 5.41) is 0. The molecule has 0 N–H and O–H groups in total. The molecule has 0 radical (unpaired) electrons. The molecule has 4 aliphatic carbocycles. The summed E-state index contributed by atoms with van der Waals surface area (Å²) in [7, 11) is 0. The molecule has 4 rings (SSSR count). The highest BCUT2D eigenvalue weighted by Gasteiger charge is 2.52. The Morgan fingerprint density at radius 1 is 0.611 bits per heavy atom. The van der Waals surface area contributed by atoms with Crippen molar-refractivity contribution in [2.75, 3.05) is 0 Å². The van der Waals surface area contributed by atoms with Crippen molar-refractivity contribution in [2.24, 2.45) is 41.4 Å². The fraction of sp³-hybridized carbons (Fsp3) is 1.00. The predicted octanol–water partition coefficient (Wildman–Crippen LogP) is 5.28. The molecule has 0 aromatic carbocycles. The highest BCUT2D eigenvalue weighted by molar-refractivity contribution is 5.01. The van der Waals surface area contributed by atoms with Gasteiger partial charge >= 0.3 is 0 Å². The topological polar surface area (TPSA) is 0 Å². The Kier molecular flexibility index (Phi) is 2.97. The Bertz CT molecular complexity index is 307. The number of rotatable bonds is 0. The first-order chi connectivity index (χ1) is 8.84. The summed E-state index contributed by atoms with van der Waals surface area (Å²) < 4.78 is 0. The van der Waals surface area contributed by atoms with Gasteiger partial charge in [0.05, 0.1) is 0 Å². The average molecular weight is 246 g/mol. The van der Waals surface area contributed by atoms with Crippen molar-refractivity contribution in [3.8, 4) is 0 Å². The molecule has 0 aromatic rings. The minimum absolute atomic E-state index is 1.05. The fourth-order valence-corrected chi connectivity index (χ4v) is 6.87. The third kappa shape index (κ3) is 1.70. The molecule has 4 fully saturated rings. The molecule has 7 atom stereocenters. The lowest BCUT2D eigenvalue weighted by molar-refractivity contribution is 0.0196. The van der Waals surface area contributed by atoms with Gasteiger partial charge in [-0.2, -0.15) is 0 Å². The van der Waals surface area contributed by atoms with E-state index in [2.05, 4.69) is 6.92 Å². The van der Waals surface area contributed by atoms with E-state index in [1.807, 2.05) is 0 Å². The van der Waals surface area contributed by atoms with Crippen LogP contribution in [0.15, 0.2) is 0 Å². The Morgan fingerprint density at radius 2 is 1.44 bits per heavy atom. The van der Waals surface area contributed by atoms with E-state index in [-0.39, 0.29) is 0 Å². The number of fused-ring (bicyclic) bond motifs is 5. The van der Waals surface area contributed by atoms with Crippen molar-refractivity contribution >= 4 is 0 Å². The van der Waals surface area contributed by atoms with Gasteiger partial charge in [-0.15, -0.1) is 0 Å². The molecule has 0 heterocycles. The van der Waals surface area contributed by atoms with E-state index < -0.39 is 0 Å². The standard InChI is InChI=1S/C18H30/c1-12-5-4-7-13-9-10-16-15-8-3-2-6-14(15)11-17(16)18(12)13/h12-18H,2-11H2,1H3. The molecule has 0 aromatic heterocycles. The summed E-state index contributed by atoms with van der Waals surface area (Å²) in [4.78, 5) is 0. The third-order valence-corrected chi connectivity index (χ3v) is 7.44. The quantitative estimate of drug-likeness (QED) is 0.546. The monoisotopic (exact) mass is 246 g/mol. The number of hydrogen-bond donors (Lipinski definition) is 0. The highest BCUT2D eigenvalue weighted by atomic mass is 14.6. The molecule has 0 nitrogen and oxygen atoms in total. The van der Waals surface area contributed by atoms with Crippen LogP contribution < -0.4 is 0 Å². The molecule has 0 saturated heterocycles. The van der Waals surface area contributed by atoms with Crippen molar-refractivity contribution in [3.63, 3.8) is 0 Å². The molecule has 18 heavy (non-hydrogen) atoms. The van der Waals surface area contributed by atoms with Gasteiger partial charge in [0.2, 0.25) is 0 Å². The van der Waals surface area contributed by atoms with Crippen molar-refractivity contribution in [2.45, 2.75) is 71.1 Å². The molecule has 0 aliphatic heterocycles. The first kappa shape index (κ1) is 11.8. The summed E-state index contributed by atoms with van der Waals surface area (Å²) in [5.74, 6) is 7.97. The largest absolute Gasteiger partial charge is 0.0622 e. The highest BCUT2D eigenvalue weighted by Crippen LogP contribution is 2.60. The van der Waals surface area contributed by atoms with Gasteiger partial charge in [0.15, 0.2) is 0 Å². The molecule has 102 valence electrons. The third-order valence-electron chi connectivity index (χ3n) is 7.44. The fourth-order valence-electron chi connectivity index (χ4n) is 6.87. The Labute approximate surface area is 113 Å². The molecule has 4 aliphatic rings. The Balaban J connectivity index is 1.59. The van der Waals surface area contributed by atoms with E-state index in [0.717, 1.165) is 35.5 Å². The molecule has 0 heteroatoms. The summed E-state index contributed by atoms with van der Waals surface area (Å²) >= 11 is 0. The Morgan fingerprint density at radius 3 is 2.39 bits per heavy atom. The van der Waals surface area contributed by atoms with Crippen LogP contribution in [0.3, 0.4) is 0 Å². The number of hydrogen-bond acceptors (Lipinski definition) is 0. The van der Waals surface area contributed by atoms with Gasteiger partial charge in [0.25, 0.3) is 0 Å². The van der Waals surface area contributed by atoms with E-state index in [1.165, 1.54) is 12.3 Å². The van der Waals surface area contributed by atoms with Crippen molar-refractivity contribution in [1.82, 2.24) is 0 Å². The average Bonchev–Trinajstić information content (AvgIpc) is 2.77. The SMILES string of the molecule is CC1CCCC2CCC3C4CCCCC4CC3C12. The van der Waals surface area contributed by atoms with Crippen molar-refractivity contribution < 1.29 is 0 Å². The van der Waals surface area contributed by atoms with Crippen LogP contribution in [-0.2, 0) is 0 Å². The molecule has 0 bridgehead atoms. The smallest absolute Gasteiger partial charge is 0.0329 e. The van der Waals surface area contributed by atoms with E-state index in [1.54, 1.807) is 57.8 Å². The van der Waals surface area contributed by atoms with Gasteiger partial charge in [-0.1, -0.05) is 45.4 Å².